The van der Waals surface area contributed by atoms with Gasteiger partial charge in [-0.3, -0.25) is 0 Å². The van der Waals surface area contributed by atoms with Crippen LogP contribution in [0.15, 0.2) is 23.3 Å². The summed E-state index contributed by atoms with van der Waals surface area (Å²) in [7, 11) is 0. The number of rotatable bonds is 3. The Kier molecular flexibility index (Phi) is 3.64. The molecule has 0 amide bonds. The van der Waals surface area contributed by atoms with Crippen LogP contribution in [-0.4, -0.2) is 10.7 Å². The SMILES string of the molecule is CC(C)=CC/C=C(/C)C1CCC(C)(O)C23CCC(C)C2C13. The molecule has 3 saturated carbocycles. The van der Waals surface area contributed by atoms with Gasteiger partial charge in [0.25, 0.3) is 0 Å². The zero-order valence-electron chi connectivity index (χ0n) is 14.4. The second kappa shape index (κ2) is 4.98. The maximum atomic E-state index is 11.0. The van der Waals surface area contributed by atoms with Gasteiger partial charge in [-0.1, -0.05) is 30.2 Å². The zero-order chi connectivity index (χ0) is 15.4. The first kappa shape index (κ1) is 15.3. The first-order chi connectivity index (χ1) is 9.81. The van der Waals surface area contributed by atoms with E-state index in [1.165, 1.54) is 24.8 Å². The number of hydrogen-bond acceptors (Lipinski definition) is 1. The highest BCUT2D eigenvalue weighted by atomic mass is 16.3. The molecule has 3 aliphatic rings. The highest BCUT2D eigenvalue weighted by Gasteiger charge is 2.78. The Morgan fingerprint density at radius 2 is 1.81 bits per heavy atom. The van der Waals surface area contributed by atoms with Crippen molar-refractivity contribution in [1.82, 2.24) is 0 Å². The van der Waals surface area contributed by atoms with Crippen molar-refractivity contribution in [3.05, 3.63) is 23.3 Å². The molecule has 1 N–H and O–H groups in total. The summed E-state index contributed by atoms with van der Waals surface area (Å²) in [5.41, 5.74) is 2.83. The summed E-state index contributed by atoms with van der Waals surface area (Å²) >= 11 is 0. The van der Waals surface area contributed by atoms with Crippen molar-refractivity contribution in [3.63, 3.8) is 0 Å². The molecule has 0 aromatic rings. The van der Waals surface area contributed by atoms with Crippen LogP contribution in [0.3, 0.4) is 0 Å². The molecule has 6 atom stereocenters. The lowest BCUT2D eigenvalue weighted by Crippen LogP contribution is -2.42. The van der Waals surface area contributed by atoms with Crippen molar-refractivity contribution in [1.29, 1.82) is 0 Å². The van der Waals surface area contributed by atoms with Gasteiger partial charge < -0.3 is 5.11 Å². The molecule has 118 valence electrons. The molecule has 0 aliphatic heterocycles. The van der Waals surface area contributed by atoms with Gasteiger partial charge in [-0.2, -0.15) is 0 Å². The molecule has 1 heteroatoms. The molecule has 0 bridgehead atoms. The number of aliphatic hydroxyl groups is 1. The Labute approximate surface area is 130 Å². The van der Waals surface area contributed by atoms with Crippen molar-refractivity contribution in [2.75, 3.05) is 0 Å². The van der Waals surface area contributed by atoms with Gasteiger partial charge in [-0.05, 0) is 83.5 Å². The fourth-order valence-electron chi connectivity index (χ4n) is 5.93. The lowest BCUT2D eigenvalue weighted by molar-refractivity contribution is -0.0579. The molecule has 3 aliphatic carbocycles. The van der Waals surface area contributed by atoms with Gasteiger partial charge in [-0.25, -0.2) is 0 Å². The molecular weight excluding hydrogens is 256 g/mol. The van der Waals surface area contributed by atoms with Crippen molar-refractivity contribution in [2.45, 2.75) is 72.3 Å². The third-order valence-electron chi connectivity index (χ3n) is 7.02. The minimum absolute atomic E-state index is 0.265. The molecule has 1 spiro atoms. The first-order valence-electron chi connectivity index (χ1n) is 8.83. The van der Waals surface area contributed by atoms with E-state index in [1.807, 2.05) is 0 Å². The fraction of sp³-hybridized carbons (Fsp3) is 0.800. The first-order valence-corrected chi connectivity index (χ1v) is 8.83. The Morgan fingerprint density at radius 1 is 1.10 bits per heavy atom. The number of hydrogen-bond donors (Lipinski definition) is 1. The Morgan fingerprint density at radius 3 is 2.48 bits per heavy atom. The van der Waals surface area contributed by atoms with Crippen molar-refractivity contribution in [2.24, 2.45) is 29.1 Å². The predicted molar refractivity (Wildman–Crippen MR) is 89.0 cm³/mol. The lowest BCUT2D eigenvalue weighted by atomic mass is 9.68. The Bertz CT molecular complexity index is 480. The zero-order valence-corrected chi connectivity index (χ0v) is 14.4. The largest absolute Gasteiger partial charge is 0.390 e. The molecule has 3 fully saturated rings. The van der Waals surface area contributed by atoms with Crippen molar-refractivity contribution >= 4 is 0 Å². The van der Waals surface area contributed by atoms with Gasteiger partial charge in [0.2, 0.25) is 0 Å². The third kappa shape index (κ3) is 2.15. The summed E-state index contributed by atoms with van der Waals surface area (Å²) in [6.45, 7) is 11.2. The Balaban J connectivity index is 1.80. The summed E-state index contributed by atoms with van der Waals surface area (Å²) in [5, 5.41) is 11.0. The van der Waals surface area contributed by atoms with Crippen molar-refractivity contribution in [3.8, 4) is 0 Å². The summed E-state index contributed by atoms with van der Waals surface area (Å²) in [6.07, 6.45) is 10.6. The van der Waals surface area contributed by atoms with E-state index in [-0.39, 0.29) is 5.41 Å². The molecule has 0 saturated heterocycles. The Hall–Kier alpha value is -0.560. The second-order valence-electron chi connectivity index (χ2n) is 8.49. The highest BCUT2D eigenvalue weighted by Crippen LogP contribution is 2.80. The van der Waals surface area contributed by atoms with Gasteiger partial charge in [-0.15, -0.1) is 0 Å². The number of allylic oxidation sites excluding steroid dienone is 4. The average molecular weight is 288 g/mol. The molecular formula is C20H32O. The normalized spacial score (nSPS) is 48.6. The molecule has 21 heavy (non-hydrogen) atoms. The quantitative estimate of drug-likeness (QED) is 0.715. The van der Waals surface area contributed by atoms with Crippen LogP contribution in [0.2, 0.25) is 0 Å². The van der Waals surface area contributed by atoms with Crippen LogP contribution in [0.4, 0.5) is 0 Å². The van der Waals surface area contributed by atoms with Crippen LogP contribution in [0, 0.1) is 29.1 Å². The summed E-state index contributed by atoms with van der Waals surface area (Å²) in [5.74, 6) is 3.08. The van der Waals surface area contributed by atoms with Gasteiger partial charge in [0, 0.05) is 5.41 Å². The number of fused-ring (bicyclic) bond motifs is 1. The van der Waals surface area contributed by atoms with E-state index < -0.39 is 5.60 Å². The second-order valence-corrected chi connectivity index (χ2v) is 8.49. The molecule has 0 aromatic heterocycles. The van der Waals surface area contributed by atoms with Gasteiger partial charge in [0.05, 0.1) is 5.60 Å². The molecule has 3 rings (SSSR count). The van der Waals surface area contributed by atoms with E-state index in [9.17, 15) is 5.11 Å². The van der Waals surface area contributed by atoms with E-state index in [2.05, 4.69) is 46.8 Å². The minimum Gasteiger partial charge on any atom is -0.390 e. The highest BCUT2D eigenvalue weighted by molar-refractivity contribution is 5.30. The van der Waals surface area contributed by atoms with Crippen molar-refractivity contribution < 1.29 is 5.11 Å². The molecule has 1 nitrogen and oxygen atoms in total. The fourth-order valence-corrected chi connectivity index (χ4v) is 5.93. The van der Waals surface area contributed by atoms with E-state index in [0.29, 0.717) is 0 Å². The van der Waals surface area contributed by atoms with E-state index in [4.69, 9.17) is 0 Å². The monoisotopic (exact) mass is 288 g/mol. The average Bonchev–Trinajstić information content (AvgIpc) is 2.95. The van der Waals surface area contributed by atoms with Gasteiger partial charge in [0.15, 0.2) is 0 Å². The maximum Gasteiger partial charge on any atom is 0.0681 e. The van der Waals surface area contributed by atoms with Crippen LogP contribution >= 0.6 is 0 Å². The summed E-state index contributed by atoms with van der Waals surface area (Å²) in [4.78, 5) is 0. The minimum atomic E-state index is -0.413. The third-order valence-corrected chi connectivity index (χ3v) is 7.02. The van der Waals surface area contributed by atoms with Gasteiger partial charge in [0.1, 0.15) is 0 Å². The predicted octanol–water partition coefficient (Wildman–Crippen LogP) is 5.11. The molecule has 0 aromatic carbocycles. The maximum absolute atomic E-state index is 11.0. The van der Waals surface area contributed by atoms with E-state index in [0.717, 1.165) is 36.5 Å². The van der Waals surface area contributed by atoms with Crippen LogP contribution < -0.4 is 0 Å². The molecule has 6 unspecified atom stereocenters. The van der Waals surface area contributed by atoms with Crippen LogP contribution in [-0.2, 0) is 0 Å². The van der Waals surface area contributed by atoms with Crippen LogP contribution in [0.1, 0.15) is 66.7 Å². The smallest absolute Gasteiger partial charge is 0.0681 e. The molecule has 0 heterocycles. The summed E-state index contributed by atoms with van der Waals surface area (Å²) in [6, 6.07) is 0. The van der Waals surface area contributed by atoms with Crippen LogP contribution in [0.5, 0.6) is 0 Å². The van der Waals surface area contributed by atoms with E-state index in [1.54, 1.807) is 5.57 Å². The van der Waals surface area contributed by atoms with Gasteiger partial charge >= 0.3 is 0 Å². The topological polar surface area (TPSA) is 20.2 Å². The standard InChI is InChI=1S/C20H32O/c1-13(2)7-6-8-14(3)16-10-11-19(5,21)20-12-9-15(4)17(20)18(16)20/h7-8,15-18,21H,6,9-12H2,1-5H3/b14-8-. The summed E-state index contributed by atoms with van der Waals surface area (Å²) < 4.78 is 0. The van der Waals surface area contributed by atoms with E-state index >= 15 is 0 Å². The molecule has 0 radical (unpaired) electrons. The van der Waals surface area contributed by atoms with Crippen LogP contribution in [0.25, 0.3) is 0 Å². The lowest BCUT2D eigenvalue weighted by Gasteiger charge is -2.41.